The van der Waals surface area contributed by atoms with Crippen molar-refractivity contribution in [1.82, 2.24) is 9.97 Å². The third-order valence-corrected chi connectivity index (χ3v) is 6.75. The van der Waals surface area contributed by atoms with Crippen molar-refractivity contribution in [3.8, 4) is 34.0 Å². The van der Waals surface area contributed by atoms with Crippen LogP contribution in [0.25, 0.3) is 22.5 Å². The van der Waals surface area contributed by atoms with Crippen LogP contribution in [0.1, 0.15) is 33.1 Å². The van der Waals surface area contributed by atoms with Gasteiger partial charge in [-0.1, -0.05) is 0 Å². The number of nitrogens with zero attached hydrogens (tertiary/aromatic N) is 2. The fourth-order valence-corrected chi connectivity index (χ4v) is 4.95. The molecular weight excluding hydrogens is 508 g/mol. The summed E-state index contributed by atoms with van der Waals surface area (Å²) in [6, 6.07) is 15.3. The Hall–Kier alpha value is -3.76. The van der Waals surface area contributed by atoms with E-state index in [2.05, 4.69) is 20.6 Å². The molecule has 0 bridgehead atoms. The van der Waals surface area contributed by atoms with E-state index in [0.29, 0.717) is 29.9 Å². The maximum Gasteiger partial charge on any atom is 0.226 e. The molecule has 0 aliphatic rings. The molecule has 192 valence electrons. The number of hydrogen-bond acceptors (Lipinski definition) is 8. The van der Waals surface area contributed by atoms with Gasteiger partial charge in [0, 0.05) is 34.7 Å². The molecule has 0 aliphatic heterocycles. The predicted molar refractivity (Wildman–Crippen MR) is 149 cm³/mol. The second-order valence-electron chi connectivity index (χ2n) is 7.94. The number of nitrogens with one attached hydrogen (secondary N) is 2. The summed E-state index contributed by atoms with van der Waals surface area (Å²) in [4.78, 5) is 33.6. The normalized spacial score (nSPS) is 10.6. The molecule has 4 aromatic rings. The molecule has 2 amide bonds. The van der Waals surface area contributed by atoms with Crippen molar-refractivity contribution < 1.29 is 19.1 Å². The molecule has 0 spiro atoms. The summed E-state index contributed by atoms with van der Waals surface area (Å²) in [5.41, 5.74) is 3.47. The summed E-state index contributed by atoms with van der Waals surface area (Å²) in [6.45, 7) is 5.11. The van der Waals surface area contributed by atoms with Gasteiger partial charge in [0.15, 0.2) is 10.3 Å². The lowest BCUT2D eigenvalue weighted by molar-refractivity contribution is -0.117. The van der Waals surface area contributed by atoms with Crippen LogP contribution in [0, 0.1) is 0 Å². The Kier molecular flexibility index (Phi) is 9.23. The number of aromatic nitrogens is 2. The third kappa shape index (κ3) is 7.61. The predicted octanol–water partition coefficient (Wildman–Crippen LogP) is 6.48. The van der Waals surface area contributed by atoms with Gasteiger partial charge >= 0.3 is 0 Å². The molecule has 0 radical (unpaired) electrons. The summed E-state index contributed by atoms with van der Waals surface area (Å²) in [6.07, 6.45) is 0.868. The van der Waals surface area contributed by atoms with Gasteiger partial charge in [0.1, 0.15) is 11.5 Å². The first-order chi connectivity index (χ1) is 18.0. The van der Waals surface area contributed by atoms with Gasteiger partial charge in [0.25, 0.3) is 0 Å². The van der Waals surface area contributed by atoms with Crippen molar-refractivity contribution in [3.05, 3.63) is 59.3 Å². The number of hydrogen-bond donors (Lipinski definition) is 2. The number of carbonyl (C=O) groups excluding carboxylic acids is 2. The number of carbonyl (C=O) groups is 2. The molecule has 0 atom stereocenters. The van der Waals surface area contributed by atoms with Crippen LogP contribution in [0.5, 0.6) is 11.5 Å². The standard InChI is InChI=1S/C27H28N4O4S2/c1-3-34-20-12-8-18(9-13-20)22-16-36-26(28-22)30-24(32)6-5-7-25(33)31-27-29-23(17-37-27)19-10-14-21(15-11-19)35-4-2/h8-17H,3-7H2,1-2H3,(H,28,30,32)(H,29,31,33). The van der Waals surface area contributed by atoms with Crippen molar-refractivity contribution in [2.75, 3.05) is 23.8 Å². The summed E-state index contributed by atoms with van der Waals surface area (Å²) in [7, 11) is 0. The maximum absolute atomic E-state index is 12.3. The molecule has 2 heterocycles. The van der Waals surface area contributed by atoms with E-state index >= 15 is 0 Å². The highest BCUT2D eigenvalue weighted by Gasteiger charge is 2.12. The van der Waals surface area contributed by atoms with E-state index in [1.807, 2.05) is 73.1 Å². The SMILES string of the molecule is CCOc1ccc(-c2csc(NC(=O)CCCC(=O)Nc3nc(-c4ccc(OCC)cc4)cs3)n2)cc1. The number of anilines is 2. The van der Waals surface area contributed by atoms with Gasteiger partial charge in [-0.15, -0.1) is 22.7 Å². The molecule has 2 N–H and O–H groups in total. The first-order valence-corrected chi connectivity index (χ1v) is 13.8. The molecule has 2 aromatic heterocycles. The number of benzene rings is 2. The summed E-state index contributed by atoms with van der Waals surface area (Å²) >= 11 is 2.73. The fourth-order valence-electron chi connectivity index (χ4n) is 3.48. The lowest BCUT2D eigenvalue weighted by Gasteiger charge is -2.04. The van der Waals surface area contributed by atoms with Gasteiger partial charge in [-0.05, 0) is 68.8 Å². The minimum absolute atomic E-state index is 0.174. The highest BCUT2D eigenvalue weighted by Crippen LogP contribution is 2.28. The Morgan fingerprint density at radius 3 is 1.49 bits per heavy atom. The Labute approximate surface area is 223 Å². The van der Waals surface area contributed by atoms with E-state index in [9.17, 15) is 9.59 Å². The van der Waals surface area contributed by atoms with Crippen LogP contribution in [0.4, 0.5) is 10.3 Å². The van der Waals surface area contributed by atoms with Gasteiger partial charge in [0.2, 0.25) is 11.8 Å². The maximum atomic E-state index is 12.3. The average Bonchev–Trinajstić information content (AvgIpc) is 3.55. The van der Waals surface area contributed by atoms with E-state index in [1.54, 1.807) is 0 Å². The van der Waals surface area contributed by atoms with Crippen LogP contribution in [-0.2, 0) is 9.59 Å². The molecule has 0 fully saturated rings. The number of ether oxygens (including phenoxy) is 2. The van der Waals surface area contributed by atoms with Crippen LogP contribution >= 0.6 is 22.7 Å². The Balaban J connectivity index is 1.20. The quantitative estimate of drug-likeness (QED) is 0.215. The van der Waals surface area contributed by atoms with Crippen molar-refractivity contribution >= 4 is 44.8 Å². The largest absolute Gasteiger partial charge is 0.494 e. The minimum Gasteiger partial charge on any atom is -0.494 e. The lowest BCUT2D eigenvalue weighted by Crippen LogP contribution is -2.14. The van der Waals surface area contributed by atoms with Crippen LogP contribution in [0.2, 0.25) is 0 Å². The van der Waals surface area contributed by atoms with Gasteiger partial charge in [0.05, 0.1) is 24.6 Å². The zero-order chi connectivity index (χ0) is 26.0. The number of rotatable bonds is 12. The number of thiazole rings is 2. The first kappa shape index (κ1) is 26.3. The zero-order valence-electron chi connectivity index (χ0n) is 20.7. The fraction of sp³-hybridized carbons (Fsp3) is 0.259. The molecule has 0 unspecified atom stereocenters. The minimum atomic E-state index is -0.174. The molecule has 4 rings (SSSR count). The molecule has 8 nitrogen and oxygen atoms in total. The monoisotopic (exact) mass is 536 g/mol. The Morgan fingerprint density at radius 1 is 0.703 bits per heavy atom. The third-order valence-electron chi connectivity index (χ3n) is 5.23. The summed E-state index contributed by atoms with van der Waals surface area (Å²) in [5.74, 6) is 1.27. The van der Waals surface area contributed by atoms with Gasteiger partial charge in [-0.2, -0.15) is 0 Å². The van der Waals surface area contributed by atoms with Crippen molar-refractivity contribution in [3.63, 3.8) is 0 Å². The Bertz CT molecular complexity index is 1220. The summed E-state index contributed by atoms with van der Waals surface area (Å²) < 4.78 is 10.9. The first-order valence-electron chi connectivity index (χ1n) is 12.0. The van der Waals surface area contributed by atoms with Crippen LogP contribution in [-0.4, -0.2) is 35.0 Å². The van der Waals surface area contributed by atoms with E-state index in [-0.39, 0.29) is 24.7 Å². The molecule has 10 heteroatoms. The van der Waals surface area contributed by atoms with Crippen LogP contribution in [0.15, 0.2) is 59.3 Å². The second kappa shape index (κ2) is 13.0. The highest BCUT2D eigenvalue weighted by atomic mass is 32.1. The van der Waals surface area contributed by atoms with Crippen LogP contribution in [0.3, 0.4) is 0 Å². The van der Waals surface area contributed by atoms with Gasteiger partial charge < -0.3 is 20.1 Å². The van der Waals surface area contributed by atoms with E-state index in [0.717, 1.165) is 34.0 Å². The topological polar surface area (TPSA) is 102 Å². The average molecular weight is 537 g/mol. The molecule has 0 saturated carbocycles. The zero-order valence-corrected chi connectivity index (χ0v) is 22.3. The van der Waals surface area contributed by atoms with E-state index in [1.165, 1.54) is 22.7 Å². The highest BCUT2D eigenvalue weighted by molar-refractivity contribution is 7.14. The van der Waals surface area contributed by atoms with Crippen LogP contribution < -0.4 is 20.1 Å². The number of amides is 2. The van der Waals surface area contributed by atoms with Gasteiger partial charge in [-0.3, -0.25) is 9.59 Å². The molecule has 0 aliphatic carbocycles. The van der Waals surface area contributed by atoms with Crippen molar-refractivity contribution in [2.24, 2.45) is 0 Å². The smallest absolute Gasteiger partial charge is 0.226 e. The molecular formula is C27H28N4O4S2. The molecule has 0 saturated heterocycles. The van der Waals surface area contributed by atoms with Crippen molar-refractivity contribution in [2.45, 2.75) is 33.1 Å². The van der Waals surface area contributed by atoms with E-state index < -0.39 is 0 Å². The Morgan fingerprint density at radius 2 is 1.11 bits per heavy atom. The van der Waals surface area contributed by atoms with Gasteiger partial charge in [-0.25, -0.2) is 9.97 Å². The van der Waals surface area contributed by atoms with E-state index in [4.69, 9.17) is 9.47 Å². The summed E-state index contributed by atoms with van der Waals surface area (Å²) in [5, 5.41) is 10.5. The second-order valence-corrected chi connectivity index (χ2v) is 9.66. The molecule has 2 aromatic carbocycles. The lowest BCUT2D eigenvalue weighted by atomic mass is 10.2. The molecule has 37 heavy (non-hydrogen) atoms. The van der Waals surface area contributed by atoms with Crippen molar-refractivity contribution in [1.29, 1.82) is 0 Å².